The lowest BCUT2D eigenvalue weighted by Crippen LogP contribution is -2.28. The highest BCUT2D eigenvalue weighted by atomic mass is 16.5. The Bertz CT molecular complexity index is 442. The van der Waals surface area contributed by atoms with Crippen LogP contribution in [0.25, 0.3) is 0 Å². The van der Waals surface area contributed by atoms with E-state index < -0.39 is 0 Å². The average Bonchev–Trinajstić information content (AvgIpc) is 3.24. The van der Waals surface area contributed by atoms with E-state index in [0.717, 1.165) is 31.7 Å². The number of hydrogen-bond acceptors (Lipinski definition) is 3. The molecule has 1 N–H and O–H groups in total. The molecule has 2 atom stereocenters. The second-order valence-electron chi connectivity index (χ2n) is 5.67. The van der Waals surface area contributed by atoms with E-state index in [9.17, 15) is 4.79 Å². The van der Waals surface area contributed by atoms with Gasteiger partial charge in [0.1, 0.15) is 5.75 Å². The average molecular weight is 276 g/mol. The van der Waals surface area contributed by atoms with E-state index >= 15 is 0 Å². The molecule has 0 aliphatic heterocycles. The van der Waals surface area contributed by atoms with Crippen molar-refractivity contribution < 1.29 is 9.53 Å². The van der Waals surface area contributed by atoms with Crippen molar-refractivity contribution >= 4 is 5.91 Å². The molecule has 4 heteroatoms. The summed E-state index contributed by atoms with van der Waals surface area (Å²) >= 11 is 0. The maximum atomic E-state index is 12.0. The minimum atomic E-state index is 0.155. The van der Waals surface area contributed by atoms with Crippen molar-refractivity contribution in [3.63, 3.8) is 0 Å². The number of benzene rings is 1. The second kappa shape index (κ2) is 6.75. The van der Waals surface area contributed by atoms with Crippen LogP contribution in [0, 0.1) is 5.92 Å². The van der Waals surface area contributed by atoms with Crippen LogP contribution in [0.15, 0.2) is 24.3 Å². The van der Waals surface area contributed by atoms with Gasteiger partial charge in [-0.05, 0) is 57.1 Å². The van der Waals surface area contributed by atoms with Crippen molar-refractivity contribution in [1.82, 2.24) is 10.2 Å². The summed E-state index contributed by atoms with van der Waals surface area (Å²) in [6, 6.07) is 8.03. The molecular formula is C16H24N2O2. The predicted octanol–water partition coefficient (Wildman–Crippen LogP) is 1.87. The van der Waals surface area contributed by atoms with Gasteiger partial charge in [0.05, 0.1) is 7.11 Å². The number of carbonyl (C=O) groups is 1. The van der Waals surface area contributed by atoms with Gasteiger partial charge in [0.25, 0.3) is 0 Å². The lowest BCUT2D eigenvalue weighted by Gasteiger charge is -2.09. The number of ether oxygens (including phenoxy) is 1. The normalized spacial score (nSPS) is 20.8. The summed E-state index contributed by atoms with van der Waals surface area (Å²) in [6.45, 7) is 1.77. The molecule has 2 rings (SSSR count). The highest BCUT2D eigenvalue weighted by Crippen LogP contribution is 2.47. The minimum absolute atomic E-state index is 0.155. The lowest BCUT2D eigenvalue weighted by molar-refractivity contribution is -0.122. The molecule has 0 spiro atoms. The largest absolute Gasteiger partial charge is 0.497 e. The molecule has 1 aromatic rings. The SMILES string of the molecule is COc1ccc(C2CC2C(=O)NCCCN(C)C)cc1. The van der Waals surface area contributed by atoms with Gasteiger partial charge in [-0.15, -0.1) is 0 Å². The summed E-state index contributed by atoms with van der Waals surface area (Å²) in [5, 5.41) is 3.03. The fraction of sp³-hybridized carbons (Fsp3) is 0.562. The van der Waals surface area contributed by atoms with Gasteiger partial charge in [-0.2, -0.15) is 0 Å². The Morgan fingerprint density at radius 1 is 1.35 bits per heavy atom. The van der Waals surface area contributed by atoms with Crippen molar-refractivity contribution in [3.8, 4) is 5.75 Å². The summed E-state index contributed by atoms with van der Waals surface area (Å²) in [4.78, 5) is 14.1. The van der Waals surface area contributed by atoms with Crippen LogP contribution in [-0.2, 0) is 4.79 Å². The van der Waals surface area contributed by atoms with Crippen molar-refractivity contribution in [2.24, 2.45) is 5.92 Å². The third-order valence-electron chi connectivity index (χ3n) is 3.75. The molecule has 4 nitrogen and oxygen atoms in total. The van der Waals surface area contributed by atoms with Crippen LogP contribution >= 0.6 is 0 Å². The summed E-state index contributed by atoms with van der Waals surface area (Å²) in [6.07, 6.45) is 1.96. The van der Waals surface area contributed by atoms with E-state index in [1.165, 1.54) is 5.56 Å². The molecule has 1 amide bonds. The number of amides is 1. The Hall–Kier alpha value is -1.55. The van der Waals surface area contributed by atoms with Crippen LogP contribution in [0.5, 0.6) is 5.75 Å². The third-order valence-corrected chi connectivity index (χ3v) is 3.75. The van der Waals surface area contributed by atoms with Gasteiger partial charge in [-0.25, -0.2) is 0 Å². The molecule has 1 saturated carbocycles. The first-order valence-electron chi connectivity index (χ1n) is 7.18. The summed E-state index contributed by atoms with van der Waals surface area (Å²) < 4.78 is 5.15. The summed E-state index contributed by atoms with van der Waals surface area (Å²) in [5.74, 6) is 1.60. The molecule has 2 unspecified atom stereocenters. The van der Waals surface area contributed by atoms with Crippen molar-refractivity contribution in [2.45, 2.75) is 18.8 Å². The molecule has 0 heterocycles. The molecule has 1 fully saturated rings. The van der Waals surface area contributed by atoms with E-state index in [1.807, 2.05) is 26.2 Å². The first-order chi connectivity index (χ1) is 9.61. The Balaban J connectivity index is 1.74. The number of carbonyl (C=O) groups excluding carboxylic acids is 1. The van der Waals surface area contributed by atoms with Gasteiger partial charge in [-0.1, -0.05) is 12.1 Å². The molecular weight excluding hydrogens is 252 g/mol. The van der Waals surface area contributed by atoms with Crippen LogP contribution in [0.3, 0.4) is 0 Å². The van der Waals surface area contributed by atoms with Gasteiger partial charge >= 0.3 is 0 Å². The lowest BCUT2D eigenvalue weighted by atomic mass is 10.1. The quantitative estimate of drug-likeness (QED) is 0.773. The van der Waals surface area contributed by atoms with E-state index in [2.05, 4.69) is 22.3 Å². The highest BCUT2D eigenvalue weighted by molar-refractivity contribution is 5.82. The summed E-state index contributed by atoms with van der Waals surface area (Å²) in [7, 11) is 5.75. The van der Waals surface area contributed by atoms with E-state index in [0.29, 0.717) is 5.92 Å². The smallest absolute Gasteiger partial charge is 0.223 e. The van der Waals surface area contributed by atoms with Crippen molar-refractivity contribution in [1.29, 1.82) is 0 Å². The molecule has 110 valence electrons. The first-order valence-corrected chi connectivity index (χ1v) is 7.18. The zero-order valence-electron chi connectivity index (χ0n) is 12.6. The van der Waals surface area contributed by atoms with E-state index in [-0.39, 0.29) is 11.8 Å². The fourth-order valence-electron chi connectivity index (χ4n) is 2.44. The fourth-order valence-corrected chi connectivity index (χ4v) is 2.44. The van der Waals surface area contributed by atoms with Crippen molar-refractivity contribution in [2.75, 3.05) is 34.3 Å². The maximum absolute atomic E-state index is 12.0. The van der Waals surface area contributed by atoms with E-state index in [1.54, 1.807) is 7.11 Å². The molecule has 20 heavy (non-hydrogen) atoms. The molecule has 1 aliphatic rings. The van der Waals surface area contributed by atoms with Gasteiger partial charge < -0.3 is 15.0 Å². The van der Waals surface area contributed by atoms with Gasteiger partial charge in [0, 0.05) is 12.5 Å². The third kappa shape index (κ3) is 3.97. The van der Waals surface area contributed by atoms with Gasteiger partial charge in [0.2, 0.25) is 5.91 Å². The molecule has 0 saturated heterocycles. The molecule has 0 bridgehead atoms. The number of methoxy groups -OCH3 is 1. The van der Waals surface area contributed by atoms with Crippen LogP contribution in [0.2, 0.25) is 0 Å². The molecule has 1 aromatic carbocycles. The van der Waals surface area contributed by atoms with Gasteiger partial charge in [0.15, 0.2) is 0 Å². The van der Waals surface area contributed by atoms with Gasteiger partial charge in [-0.3, -0.25) is 4.79 Å². The summed E-state index contributed by atoms with van der Waals surface area (Å²) in [5.41, 5.74) is 1.24. The Morgan fingerprint density at radius 3 is 2.65 bits per heavy atom. The van der Waals surface area contributed by atoms with E-state index in [4.69, 9.17) is 4.74 Å². The second-order valence-corrected chi connectivity index (χ2v) is 5.67. The zero-order valence-corrected chi connectivity index (χ0v) is 12.6. The maximum Gasteiger partial charge on any atom is 0.223 e. The minimum Gasteiger partial charge on any atom is -0.497 e. The predicted molar refractivity (Wildman–Crippen MR) is 80.0 cm³/mol. The number of nitrogens with one attached hydrogen (secondary N) is 1. The monoisotopic (exact) mass is 276 g/mol. The van der Waals surface area contributed by atoms with Crippen LogP contribution in [-0.4, -0.2) is 45.1 Å². The van der Waals surface area contributed by atoms with Crippen molar-refractivity contribution in [3.05, 3.63) is 29.8 Å². The molecule has 0 radical (unpaired) electrons. The molecule has 1 aliphatic carbocycles. The number of hydrogen-bond donors (Lipinski definition) is 1. The Kier molecular flexibility index (Phi) is 5.01. The highest BCUT2D eigenvalue weighted by Gasteiger charge is 2.43. The first kappa shape index (κ1) is 14.9. The standard InChI is InChI=1S/C16H24N2O2/c1-18(2)10-4-9-17-16(19)15-11-14(15)12-5-7-13(20-3)8-6-12/h5-8,14-15H,4,9-11H2,1-3H3,(H,17,19). The topological polar surface area (TPSA) is 41.6 Å². The number of nitrogens with zero attached hydrogens (tertiary/aromatic N) is 1. The number of rotatable bonds is 7. The van der Waals surface area contributed by atoms with Crippen LogP contribution in [0.4, 0.5) is 0 Å². The molecule has 0 aromatic heterocycles. The Morgan fingerprint density at radius 2 is 2.05 bits per heavy atom. The Labute approximate surface area is 121 Å². The van der Waals surface area contributed by atoms with Crippen LogP contribution < -0.4 is 10.1 Å². The van der Waals surface area contributed by atoms with Crippen LogP contribution in [0.1, 0.15) is 24.3 Å². The zero-order chi connectivity index (χ0) is 14.5.